The normalized spacial score (nSPS) is 19.5. The fourth-order valence-electron chi connectivity index (χ4n) is 3.74. The topological polar surface area (TPSA) is 69.7 Å². The third-order valence-electron chi connectivity index (χ3n) is 5.34. The predicted octanol–water partition coefficient (Wildman–Crippen LogP) is 1.89. The highest BCUT2D eigenvalue weighted by Crippen LogP contribution is 2.21. The predicted molar refractivity (Wildman–Crippen MR) is 109 cm³/mol. The maximum absolute atomic E-state index is 12.8. The number of sulfonamides is 1. The molecule has 2 fully saturated rings. The van der Waals surface area contributed by atoms with Crippen LogP contribution in [0.1, 0.15) is 31.7 Å². The molecule has 1 aromatic rings. The van der Waals surface area contributed by atoms with E-state index in [9.17, 15) is 13.2 Å². The maximum atomic E-state index is 12.8. The standard InChI is InChI=1S/C19H29N3O3S.ClH/c1-2-3-16-4-6-18(7-5-16)26(24,25)22-14-12-21(13-15-22)19(23)17-8-10-20-11-9-17;/h4-7,17,20H,2-3,8-15H2,1H3;1H. The summed E-state index contributed by atoms with van der Waals surface area (Å²) in [6.45, 7) is 5.59. The molecule has 2 aliphatic rings. The van der Waals surface area contributed by atoms with Crippen molar-refractivity contribution in [2.75, 3.05) is 39.3 Å². The highest BCUT2D eigenvalue weighted by atomic mass is 35.5. The molecule has 8 heteroatoms. The number of nitrogens with zero attached hydrogens (tertiary/aromatic N) is 2. The minimum Gasteiger partial charge on any atom is -0.340 e. The van der Waals surface area contributed by atoms with Gasteiger partial charge >= 0.3 is 0 Å². The number of halogens is 1. The van der Waals surface area contributed by atoms with E-state index in [0.717, 1.165) is 44.3 Å². The molecule has 0 aliphatic carbocycles. The van der Waals surface area contributed by atoms with Gasteiger partial charge in [-0.2, -0.15) is 4.31 Å². The fraction of sp³-hybridized carbons (Fsp3) is 0.632. The van der Waals surface area contributed by atoms with Gasteiger partial charge in [-0.15, -0.1) is 12.4 Å². The van der Waals surface area contributed by atoms with Gasteiger partial charge in [0, 0.05) is 32.1 Å². The zero-order valence-electron chi connectivity index (χ0n) is 15.9. The van der Waals surface area contributed by atoms with Crippen LogP contribution < -0.4 is 5.32 Å². The lowest BCUT2D eigenvalue weighted by Crippen LogP contribution is -2.52. The first-order chi connectivity index (χ1) is 12.5. The van der Waals surface area contributed by atoms with E-state index in [4.69, 9.17) is 0 Å². The van der Waals surface area contributed by atoms with Gasteiger partial charge in [0.2, 0.25) is 15.9 Å². The lowest BCUT2D eigenvalue weighted by Gasteiger charge is -2.36. The average molecular weight is 416 g/mol. The quantitative estimate of drug-likeness (QED) is 0.797. The molecule has 0 atom stereocenters. The molecule has 0 radical (unpaired) electrons. The number of nitrogens with one attached hydrogen (secondary N) is 1. The Bertz CT molecular complexity index is 710. The molecule has 0 spiro atoms. The van der Waals surface area contributed by atoms with Crippen molar-refractivity contribution < 1.29 is 13.2 Å². The number of amides is 1. The van der Waals surface area contributed by atoms with E-state index >= 15 is 0 Å². The summed E-state index contributed by atoms with van der Waals surface area (Å²) in [4.78, 5) is 14.8. The van der Waals surface area contributed by atoms with Gasteiger partial charge in [-0.05, 0) is 50.0 Å². The summed E-state index contributed by atoms with van der Waals surface area (Å²) >= 11 is 0. The Morgan fingerprint density at radius 1 is 1.07 bits per heavy atom. The maximum Gasteiger partial charge on any atom is 0.243 e. The summed E-state index contributed by atoms with van der Waals surface area (Å²) in [6, 6.07) is 7.19. The van der Waals surface area contributed by atoms with Crippen LogP contribution in [0.25, 0.3) is 0 Å². The van der Waals surface area contributed by atoms with Crippen LogP contribution >= 0.6 is 12.4 Å². The Hall–Kier alpha value is -1.15. The van der Waals surface area contributed by atoms with E-state index in [2.05, 4.69) is 12.2 Å². The molecule has 152 valence electrons. The largest absolute Gasteiger partial charge is 0.340 e. The summed E-state index contributed by atoms with van der Waals surface area (Å²) in [5, 5.41) is 3.27. The number of hydrogen-bond donors (Lipinski definition) is 1. The van der Waals surface area contributed by atoms with Crippen molar-refractivity contribution in [1.82, 2.24) is 14.5 Å². The van der Waals surface area contributed by atoms with E-state index < -0.39 is 10.0 Å². The Labute approximate surface area is 168 Å². The van der Waals surface area contributed by atoms with Gasteiger partial charge < -0.3 is 10.2 Å². The molecule has 0 bridgehead atoms. The van der Waals surface area contributed by atoms with Gasteiger partial charge in [-0.25, -0.2) is 8.42 Å². The molecule has 0 saturated carbocycles. The molecule has 3 rings (SSSR count). The first-order valence-corrected chi connectivity index (χ1v) is 11.0. The molecule has 1 amide bonds. The summed E-state index contributed by atoms with van der Waals surface area (Å²) in [5.74, 6) is 0.276. The van der Waals surface area contributed by atoms with Crippen molar-refractivity contribution in [3.8, 4) is 0 Å². The van der Waals surface area contributed by atoms with Crippen LogP contribution in [0.2, 0.25) is 0 Å². The second-order valence-corrected chi connectivity index (χ2v) is 9.09. The molecule has 6 nitrogen and oxygen atoms in total. The highest BCUT2D eigenvalue weighted by Gasteiger charge is 2.32. The monoisotopic (exact) mass is 415 g/mol. The van der Waals surface area contributed by atoms with Crippen LogP contribution in [-0.2, 0) is 21.2 Å². The lowest BCUT2D eigenvalue weighted by molar-refractivity contribution is -0.137. The Balaban J connectivity index is 0.00000261. The van der Waals surface area contributed by atoms with E-state index in [1.54, 1.807) is 12.1 Å². The minimum absolute atomic E-state index is 0. The van der Waals surface area contributed by atoms with Crippen LogP contribution in [0.15, 0.2) is 29.2 Å². The van der Waals surface area contributed by atoms with Crippen molar-refractivity contribution in [2.24, 2.45) is 5.92 Å². The molecule has 2 heterocycles. The first-order valence-electron chi connectivity index (χ1n) is 9.61. The number of carbonyl (C=O) groups is 1. The number of hydrogen-bond acceptors (Lipinski definition) is 4. The summed E-state index contributed by atoms with van der Waals surface area (Å²) < 4.78 is 27.2. The van der Waals surface area contributed by atoms with Gasteiger partial charge in [0.25, 0.3) is 0 Å². The number of rotatable bonds is 5. The van der Waals surface area contributed by atoms with Gasteiger partial charge in [-0.3, -0.25) is 4.79 Å². The van der Waals surface area contributed by atoms with E-state index in [1.165, 1.54) is 4.31 Å². The number of benzene rings is 1. The number of piperidine rings is 1. The Morgan fingerprint density at radius 3 is 2.22 bits per heavy atom. The molecule has 1 aromatic carbocycles. The fourth-order valence-corrected chi connectivity index (χ4v) is 5.16. The summed E-state index contributed by atoms with van der Waals surface area (Å²) in [7, 11) is -3.48. The third-order valence-corrected chi connectivity index (χ3v) is 7.25. The second kappa shape index (κ2) is 9.87. The lowest BCUT2D eigenvalue weighted by atomic mass is 9.96. The highest BCUT2D eigenvalue weighted by molar-refractivity contribution is 7.89. The molecule has 1 N–H and O–H groups in total. The first kappa shape index (κ1) is 22.1. The average Bonchev–Trinajstić information content (AvgIpc) is 2.69. The van der Waals surface area contributed by atoms with Crippen LogP contribution in [0.5, 0.6) is 0 Å². The molecule has 27 heavy (non-hydrogen) atoms. The molecule has 0 unspecified atom stereocenters. The van der Waals surface area contributed by atoms with Crippen molar-refractivity contribution in [3.05, 3.63) is 29.8 Å². The zero-order valence-corrected chi connectivity index (χ0v) is 17.5. The molecular weight excluding hydrogens is 386 g/mol. The molecular formula is C19H30ClN3O3S. The number of carbonyl (C=O) groups excluding carboxylic acids is 1. The number of piperazine rings is 1. The van der Waals surface area contributed by atoms with Gasteiger partial charge in [0.1, 0.15) is 0 Å². The smallest absolute Gasteiger partial charge is 0.243 e. The van der Waals surface area contributed by atoms with Gasteiger partial charge in [-0.1, -0.05) is 25.5 Å². The second-order valence-electron chi connectivity index (χ2n) is 7.15. The Kier molecular flexibility index (Phi) is 8.09. The van der Waals surface area contributed by atoms with Gasteiger partial charge in [0.05, 0.1) is 4.90 Å². The number of aryl methyl sites for hydroxylation is 1. The molecule has 0 aromatic heterocycles. The zero-order chi connectivity index (χ0) is 18.6. The van der Waals surface area contributed by atoms with Crippen molar-refractivity contribution >= 4 is 28.3 Å². The van der Waals surface area contributed by atoms with Crippen LogP contribution in [0.4, 0.5) is 0 Å². The van der Waals surface area contributed by atoms with Crippen LogP contribution in [0, 0.1) is 5.92 Å². The molecule has 2 aliphatic heterocycles. The Morgan fingerprint density at radius 2 is 1.67 bits per heavy atom. The molecule has 2 saturated heterocycles. The van der Waals surface area contributed by atoms with E-state index in [1.807, 2.05) is 17.0 Å². The minimum atomic E-state index is -3.48. The summed E-state index contributed by atoms with van der Waals surface area (Å²) in [6.07, 6.45) is 3.75. The van der Waals surface area contributed by atoms with Crippen molar-refractivity contribution in [2.45, 2.75) is 37.5 Å². The third kappa shape index (κ3) is 5.22. The van der Waals surface area contributed by atoms with Crippen LogP contribution in [-0.4, -0.2) is 62.8 Å². The summed E-state index contributed by atoms with van der Waals surface area (Å²) in [5.41, 5.74) is 1.16. The van der Waals surface area contributed by atoms with Crippen molar-refractivity contribution in [1.29, 1.82) is 0 Å². The van der Waals surface area contributed by atoms with Gasteiger partial charge in [0.15, 0.2) is 0 Å². The van der Waals surface area contributed by atoms with E-state index in [-0.39, 0.29) is 24.2 Å². The van der Waals surface area contributed by atoms with Crippen molar-refractivity contribution in [3.63, 3.8) is 0 Å². The van der Waals surface area contributed by atoms with Crippen LogP contribution in [0.3, 0.4) is 0 Å². The van der Waals surface area contributed by atoms with E-state index in [0.29, 0.717) is 31.1 Å². The SMILES string of the molecule is CCCc1ccc(S(=O)(=O)N2CCN(C(=O)C3CCNCC3)CC2)cc1.Cl.